The summed E-state index contributed by atoms with van der Waals surface area (Å²) in [4.78, 5) is 12.2. The number of nitrogens with two attached hydrogens (primary N) is 1. The lowest BCUT2D eigenvalue weighted by Crippen LogP contribution is -2.54. The summed E-state index contributed by atoms with van der Waals surface area (Å²) >= 11 is 0. The van der Waals surface area contributed by atoms with Crippen molar-refractivity contribution in [2.75, 3.05) is 13.7 Å². The Hall–Kier alpha value is -1.75. The molecule has 1 aliphatic rings. The summed E-state index contributed by atoms with van der Waals surface area (Å²) < 4.78 is 16.2. The van der Waals surface area contributed by atoms with Gasteiger partial charge >= 0.3 is 5.97 Å². The van der Waals surface area contributed by atoms with E-state index >= 15 is 0 Å². The molecule has 20 heavy (non-hydrogen) atoms. The first kappa shape index (κ1) is 14.7. The molecular formula is C15H21NO4. The summed E-state index contributed by atoms with van der Waals surface area (Å²) in [7, 11) is 1.34. The van der Waals surface area contributed by atoms with Gasteiger partial charge in [-0.1, -0.05) is 0 Å². The van der Waals surface area contributed by atoms with Crippen molar-refractivity contribution in [3.63, 3.8) is 0 Å². The van der Waals surface area contributed by atoms with Gasteiger partial charge in [-0.2, -0.15) is 0 Å². The molecule has 0 amide bonds. The van der Waals surface area contributed by atoms with Crippen molar-refractivity contribution in [2.24, 2.45) is 5.73 Å². The molecule has 1 unspecified atom stereocenters. The zero-order valence-corrected chi connectivity index (χ0v) is 12.4. The molecule has 0 radical (unpaired) electrons. The molecular weight excluding hydrogens is 258 g/mol. The lowest BCUT2D eigenvalue weighted by molar-refractivity contribution is -0.151. The van der Waals surface area contributed by atoms with Gasteiger partial charge in [0.05, 0.1) is 13.7 Å². The Bertz CT molecular complexity index is 527. The molecule has 1 aromatic carbocycles. The van der Waals surface area contributed by atoms with Gasteiger partial charge in [-0.05, 0) is 39.0 Å². The topological polar surface area (TPSA) is 70.8 Å². The number of carbonyl (C=O) groups is 1. The first-order valence-corrected chi connectivity index (χ1v) is 6.66. The van der Waals surface area contributed by atoms with Crippen molar-refractivity contribution >= 4 is 5.97 Å². The monoisotopic (exact) mass is 279 g/mol. The zero-order valence-electron chi connectivity index (χ0n) is 12.4. The predicted octanol–water partition coefficient (Wildman–Crippen LogP) is 1.97. The first-order chi connectivity index (χ1) is 9.32. The number of carbonyl (C=O) groups excluding carboxylic acids is 1. The molecule has 5 heteroatoms. The number of fused-ring (bicyclic) bond motifs is 1. The van der Waals surface area contributed by atoms with Crippen molar-refractivity contribution in [3.8, 4) is 11.5 Å². The minimum atomic E-state index is -1.22. The molecule has 1 aromatic rings. The number of ether oxygens (including phenoxy) is 3. The summed E-state index contributed by atoms with van der Waals surface area (Å²) in [5.74, 6) is 0.787. The van der Waals surface area contributed by atoms with Gasteiger partial charge in [0.25, 0.3) is 0 Å². The van der Waals surface area contributed by atoms with Crippen LogP contribution in [0.25, 0.3) is 0 Å². The lowest BCUT2D eigenvalue weighted by atomic mass is 9.78. The highest BCUT2D eigenvalue weighted by Gasteiger charge is 2.48. The highest BCUT2D eigenvalue weighted by molar-refractivity contribution is 5.84. The maximum Gasteiger partial charge on any atom is 0.330 e. The minimum absolute atomic E-state index is 0.343. The van der Waals surface area contributed by atoms with Gasteiger partial charge in [0.1, 0.15) is 22.6 Å². The van der Waals surface area contributed by atoms with Crippen LogP contribution in [0.4, 0.5) is 0 Å². The van der Waals surface area contributed by atoms with Crippen LogP contribution in [0.15, 0.2) is 18.2 Å². The van der Waals surface area contributed by atoms with E-state index in [-0.39, 0.29) is 0 Å². The van der Waals surface area contributed by atoms with Crippen molar-refractivity contribution in [2.45, 2.75) is 38.3 Å². The highest BCUT2D eigenvalue weighted by Crippen LogP contribution is 2.44. The van der Waals surface area contributed by atoms with Gasteiger partial charge in [-0.15, -0.1) is 0 Å². The van der Waals surface area contributed by atoms with Crippen LogP contribution in [0.3, 0.4) is 0 Å². The van der Waals surface area contributed by atoms with Crippen molar-refractivity contribution in [1.82, 2.24) is 0 Å². The zero-order chi connectivity index (χ0) is 15.0. The summed E-state index contributed by atoms with van der Waals surface area (Å²) in [6.45, 7) is 6.24. The number of rotatable bonds is 3. The van der Waals surface area contributed by atoms with Gasteiger partial charge in [0.2, 0.25) is 0 Å². The minimum Gasteiger partial charge on any atom is -0.494 e. The van der Waals surface area contributed by atoms with E-state index < -0.39 is 17.1 Å². The van der Waals surface area contributed by atoms with Crippen LogP contribution >= 0.6 is 0 Å². The highest BCUT2D eigenvalue weighted by atomic mass is 16.5. The molecule has 2 N–H and O–H groups in total. The van der Waals surface area contributed by atoms with Gasteiger partial charge in [-0.3, -0.25) is 0 Å². The predicted molar refractivity (Wildman–Crippen MR) is 74.8 cm³/mol. The average molecular weight is 279 g/mol. The van der Waals surface area contributed by atoms with Crippen LogP contribution in [0.1, 0.15) is 32.8 Å². The number of hydrogen-bond donors (Lipinski definition) is 1. The van der Waals surface area contributed by atoms with Gasteiger partial charge in [-0.25, -0.2) is 4.79 Å². The first-order valence-electron chi connectivity index (χ1n) is 6.66. The Balaban J connectivity index is 2.55. The number of esters is 1. The molecule has 1 atom stereocenters. The summed E-state index contributed by atoms with van der Waals surface area (Å²) in [5, 5.41) is 0. The van der Waals surface area contributed by atoms with E-state index in [4.69, 9.17) is 19.9 Å². The third-order valence-corrected chi connectivity index (χ3v) is 3.38. The van der Waals surface area contributed by atoms with Gasteiger partial charge < -0.3 is 19.9 Å². The molecule has 0 aliphatic carbocycles. The second-order valence-electron chi connectivity index (χ2n) is 5.59. The molecule has 0 saturated carbocycles. The molecule has 0 spiro atoms. The molecule has 0 fully saturated rings. The van der Waals surface area contributed by atoms with Crippen LogP contribution in [0.5, 0.6) is 11.5 Å². The Kier molecular flexibility index (Phi) is 3.65. The van der Waals surface area contributed by atoms with Crippen LogP contribution < -0.4 is 15.2 Å². The van der Waals surface area contributed by atoms with Crippen LogP contribution in [-0.4, -0.2) is 25.3 Å². The second kappa shape index (κ2) is 4.98. The van der Waals surface area contributed by atoms with Gasteiger partial charge in [0, 0.05) is 12.0 Å². The summed E-state index contributed by atoms with van der Waals surface area (Å²) in [6, 6.07) is 5.35. The fourth-order valence-corrected chi connectivity index (χ4v) is 2.67. The molecule has 5 nitrogen and oxygen atoms in total. The Morgan fingerprint density at radius 3 is 2.75 bits per heavy atom. The molecule has 0 aromatic heterocycles. The maximum atomic E-state index is 12.2. The van der Waals surface area contributed by atoms with Crippen LogP contribution in [0, 0.1) is 0 Å². The quantitative estimate of drug-likeness (QED) is 0.857. The molecule has 1 heterocycles. The number of methoxy groups -OCH3 is 1. The Morgan fingerprint density at radius 2 is 2.15 bits per heavy atom. The van der Waals surface area contributed by atoms with E-state index in [9.17, 15) is 4.79 Å². The fraction of sp³-hybridized carbons (Fsp3) is 0.533. The third-order valence-electron chi connectivity index (χ3n) is 3.38. The molecule has 1 aliphatic heterocycles. The van der Waals surface area contributed by atoms with Crippen molar-refractivity contribution in [1.29, 1.82) is 0 Å². The van der Waals surface area contributed by atoms with E-state index in [0.29, 0.717) is 30.1 Å². The van der Waals surface area contributed by atoms with Crippen LogP contribution in [0.2, 0.25) is 0 Å². The number of benzene rings is 1. The maximum absolute atomic E-state index is 12.2. The summed E-state index contributed by atoms with van der Waals surface area (Å²) in [5.41, 5.74) is 5.20. The standard InChI is InChI=1S/C15H21NO4/c1-5-19-10-6-7-12-11(8-10)15(16,13(17)18-4)9-14(2,3)20-12/h6-8H,5,9,16H2,1-4H3. The van der Waals surface area contributed by atoms with Crippen molar-refractivity contribution < 1.29 is 19.0 Å². The smallest absolute Gasteiger partial charge is 0.330 e. The molecule has 0 bridgehead atoms. The lowest BCUT2D eigenvalue weighted by Gasteiger charge is -2.42. The van der Waals surface area contributed by atoms with E-state index in [0.717, 1.165) is 0 Å². The van der Waals surface area contributed by atoms with E-state index in [1.807, 2.05) is 20.8 Å². The molecule has 2 rings (SSSR count). The largest absolute Gasteiger partial charge is 0.494 e. The molecule has 110 valence electrons. The fourth-order valence-electron chi connectivity index (χ4n) is 2.67. The average Bonchev–Trinajstić information content (AvgIpc) is 2.37. The summed E-state index contributed by atoms with van der Waals surface area (Å²) in [6.07, 6.45) is 0.343. The molecule has 0 saturated heterocycles. The van der Waals surface area contributed by atoms with E-state index in [2.05, 4.69) is 0 Å². The Morgan fingerprint density at radius 1 is 1.45 bits per heavy atom. The Labute approximate surface area is 119 Å². The van der Waals surface area contributed by atoms with Crippen LogP contribution in [-0.2, 0) is 15.1 Å². The second-order valence-corrected chi connectivity index (χ2v) is 5.59. The van der Waals surface area contributed by atoms with Crippen molar-refractivity contribution in [3.05, 3.63) is 23.8 Å². The SMILES string of the molecule is CCOc1ccc2c(c1)C(N)(C(=O)OC)CC(C)(C)O2. The normalized spacial score (nSPS) is 23.4. The van der Waals surface area contributed by atoms with Gasteiger partial charge in [0.15, 0.2) is 0 Å². The van der Waals surface area contributed by atoms with E-state index in [1.54, 1.807) is 18.2 Å². The number of hydrogen-bond acceptors (Lipinski definition) is 5. The third kappa shape index (κ3) is 2.45. The van der Waals surface area contributed by atoms with E-state index in [1.165, 1.54) is 7.11 Å².